The van der Waals surface area contributed by atoms with Crippen LogP contribution in [0.1, 0.15) is 30.7 Å². The summed E-state index contributed by atoms with van der Waals surface area (Å²) in [5, 5.41) is 3.00. The Morgan fingerprint density at radius 2 is 1.83 bits per heavy atom. The summed E-state index contributed by atoms with van der Waals surface area (Å²) in [6.45, 7) is 1.48. The fourth-order valence-electron chi connectivity index (χ4n) is 3.64. The second kappa shape index (κ2) is 9.11. The molecule has 1 N–H and O–H groups in total. The molecule has 1 aromatic heterocycles. The number of fused-ring (bicyclic) bond motifs is 1. The highest BCUT2D eigenvalue weighted by molar-refractivity contribution is 5.81. The normalized spacial score (nSPS) is 13.4. The van der Waals surface area contributed by atoms with Gasteiger partial charge in [0.2, 0.25) is 11.8 Å². The van der Waals surface area contributed by atoms with Gasteiger partial charge in [-0.3, -0.25) is 9.59 Å². The third-order valence-electron chi connectivity index (χ3n) is 5.54. The molecule has 0 bridgehead atoms. The van der Waals surface area contributed by atoms with Crippen LogP contribution in [0.15, 0.2) is 54.6 Å². The zero-order valence-electron chi connectivity index (χ0n) is 17.4. The van der Waals surface area contributed by atoms with Crippen molar-refractivity contribution in [1.29, 1.82) is 0 Å². The molecule has 1 aliphatic carbocycles. The van der Waals surface area contributed by atoms with Crippen LogP contribution in [0.4, 0.5) is 0 Å². The Morgan fingerprint density at radius 3 is 2.60 bits per heavy atom. The van der Waals surface area contributed by atoms with Crippen molar-refractivity contribution in [2.45, 2.75) is 38.8 Å². The van der Waals surface area contributed by atoms with Gasteiger partial charge in [-0.1, -0.05) is 42.5 Å². The number of aryl methyl sites for hydroxylation is 1. The summed E-state index contributed by atoms with van der Waals surface area (Å²) in [5.41, 5.74) is 2.97. The van der Waals surface area contributed by atoms with Gasteiger partial charge in [-0.15, -0.1) is 0 Å². The summed E-state index contributed by atoms with van der Waals surface area (Å²) < 4.78 is 2.02. The van der Waals surface area contributed by atoms with Crippen LogP contribution in [0.25, 0.3) is 11.0 Å². The van der Waals surface area contributed by atoms with Crippen LogP contribution in [0.5, 0.6) is 0 Å². The van der Waals surface area contributed by atoms with E-state index >= 15 is 0 Å². The van der Waals surface area contributed by atoms with Gasteiger partial charge in [0.25, 0.3) is 0 Å². The standard InChI is InChI=1S/C24H28N4O2/c1-27(16-18-8-3-2-4-9-18)23(29)17-28-21-11-6-5-10-20(21)26-22(28)12-7-15-25-24(30)19-13-14-19/h2-6,8-11,19H,7,12-17H2,1H3,(H,25,30). The molecule has 30 heavy (non-hydrogen) atoms. The molecule has 0 unspecified atom stereocenters. The zero-order chi connectivity index (χ0) is 20.9. The van der Waals surface area contributed by atoms with Crippen molar-refractivity contribution in [1.82, 2.24) is 19.8 Å². The van der Waals surface area contributed by atoms with E-state index in [9.17, 15) is 9.59 Å². The molecule has 2 aromatic carbocycles. The van der Waals surface area contributed by atoms with E-state index in [1.165, 1.54) is 0 Å². The molecule has 0 saturated heterocycles. The van der Waals surface area contributed by atoms with E-state index in [4.69, 9.17) is 4.98 Å². The molecule has 0 aliphatic heterocycles. The van der Waals surface area contributed by atoms with E-state index < -0.39 is 0 Å². The quantitative estimate of drug-likeness (QED) is 0.557. The predicted octanol–water partition coefficient (Wildman–Crippen LogP) is 3.15. The van der Waals surface area contributed by atoms with E-state index in [1.54, 1.807) is 4.90 Å². The van der Waals surface area contributed by atoms with Crippen molar-refractivity contribution < 1.29 is 9.59 Å². The Hall–Kier alpha value is -3.15. The number of hydrogen-bond acceptors (Lipinski definition) is 3. The molecule has 1 aliphatic rings. The summed E-state index contributed by atoms with van der Waals surface area (Å²) in [6.07, 6.45) is 3.55. The molecule has 156 valence electrons. The van der Waals surface area contributed by atoms with Crippen molar-refractivity contribution in [3.8, 4) is 0 Å². The number of rotatable bonds is 9. The molecule has 6 nitrogen and oxygen atoms in total. The predicted molar refractivity (Wildman–Crippen MR) is 117 cm³/mol. The lowest BCUT2D eigenvalue weighted by molar-refractivity contribution is -0.131. The Bertz CT molecular complexity index is 1020. The minimum absolute atomic E-state index is 0.0466. The van der Waals surface area contributed by atoms with Crippen LogP contribution < -0.4 is 5.32 Å². The highest BCUT2D eigenvalue weighted by Gasteiger charge is 2.29. The molecule has 0 atom stereocenters. The minimum atomic E-state index is 0.0466. The first-order valence-electron chi connectivity index (χ1n) is 10.6. The lowest BCUT2D eigenvalue weighted by Gasteiger charge is -2.19. The molecule has 0 radical (unpaired) electrons. The first kappa shape index (κ1) is 20.1. The summed E-state index contributed by atoms with van der Waals surface area (Å²) in [6, 6.07) is 17.9. The Labute approximate surface area is 176 Å². The van der Waals surface area contributed by atoms with E-state index in [0.717, 1.165) is 48.1 Å². The number of nitrogens with zero attached hydrogens (tertiary/aromatic N) is 3. The number of aromatic nitrogens is 2. The molecule has 1 heterocycles. The number of imidazole rings is 1. The maximum Gasteiger partial charge on any atom is 0.242 e. The first-order chi connectivity index (χ1) is 14.6. The molecular weight excluding hydrogens is 376 g/mol. The Balaban J connectivity index is 1.42. The molecule has 0 spiro atoms. The Kier molecular flexibility index (Phi) is 6.12. The fraction of sp³-hybridized carbons (Fsp3) is 0.375. The number of nitrogens with one attached hydrogen (secondary N) is 1. The average Bonchev–Trinajstić information content (AvgIpc) is 3.55. The smallest absolute Gasteiger partial charge is 0.242 e. The van der Waals surface area contributed by atoms with Gasteiger partial charge in [0.05, 0.1) is 11.0 Å². The number of carbonyl (C=O) groups is 2. The topological polar surface area (TPSA) is 67.2 Å². The van der Waals surface area contributed by atoms with Crippen molar-refractivity contribution in [2.75, 3.05) is 13.6 Å². The van der Waals surface area contributed by atoms with Crippen LogP contribution in [-0.2, 0) is 29.1 Å². The fourth-order valence-corrected chi connectivity index (χ4v) is 3.64. The van der Waals surface area contributed by atoms with Crippen molar-refractivity contribution in [2.24, 2.45) is 5.92 Å². The molecule has 6 heteroatoms. The third kappa shape index (κ3) is 4.87. The molecule has 1 saturated carbocycles. The van der Waals surface area contributed by atoms with E-state index in [1.807, 2.05) is 66.2 Å². The van der Waals surface area contributed by atoms with Crippen LogP contribution in [0, 0.1) is 5.92 Å². The van der Waals surface area contributed by atoms with E-state index in [-0.39, 0.29) is 24.3 Å². The maximum absolute atomic E-state index is 12.9. The molecule has 3 aromatic rings. The van der Waals surface area contributed by atoms with E-state index in [0.29, 0.717) is 13.1 Å². The lowest BCUT2D eigenvalue weighted by atomic mass is 10.2. The lowest BCUT2D eigenvalue weighted by Crippen LogP contribution is -2.30. The van der Waals surface area contributed by atoms with Gasteiger partial charge >= 0.3 is 0 Å². The van der Waals surface area contributed by atoms with Crippen LogP contribution in [0.3, 0.4) is 0 Å². The first-order valence-corrected chi connectivity index (χ1v) is 10.6. The van der Waals surface area contributed by atoms with Gasteiger partial charge in [0, 0.05) is 32.5 Å². The number of benzene rings is 2. The highest BCUT2D eigenvalue weighted by atomic mass is 16.2. The number of carbonyl (C=O) groups excluding carboxylic acids is 2. The Morgan fingerprint density at radius 1 is 1.10 bits per heavy atom. The van der Waals surface area contributed by atoms with Gasteiger partial charge in [-0.25, -0.2) is 4.98 Å². The van der Waals surface area contributed by atoms with Gasteiger partial charge < -0.3 is 14.8 Å². The summed E-state index contributed by atoms with van der Waals surface area (Å²) >= 11 is 0. The van der Waals surface area contributed by atoms with Crippen molar-refractivity contribution in [3.63, 3.8) is 0 Å². The second-order valence-electron chi connectivity index (χ2n) is 8.01. The van der Waals surface area contributed by atoms with Gasteiger partial charge in [0.1, 0.15) is 12.4 Å². The molecular formula is C24H28N4O2. The molecule has 4 rings (SSSR count). The number of hydrogen-bond donors (Lipinski definition) is 1. The number of para-hydroxylation sites is 2. The van der Waals surface area contributed by atoms with Crippen molar-refractivity contribution in [3.05, 3.63) is 66.0 Å². The second-order valence-corrected chi connectivity index (χ2v) is 8.01. The minimum Gasteiger partial charge on any atom is -0.356 e. The number of amides is 2. The van der Waals surface area contributed by atoms with Crippen LogP contribution >= 0.6 is 0 Å². The van der Waals surface area contributed by atoms with E-state index in [2.05, 4.69) is 5.32 Å². The van der Waals surface area contributed by atoms with Crippen LogP contribution in [-0.4, -0.2) is 39.9 Å². The summed E-state index contributed by atoms with van der Waals surface area (Å²) in [7, 11) is 1.83. The number of likely N-dealkylation sites (N-methyl/N-ethyl adjacent to an activating group) is 1. The SMILES string of the molecule is CN(Cc1ccccc1)C(=O)Cn1c(CCCNC(=O)C2CC2)nc2ccccc21. The largest absolute Gasteiger partial charge is 0.356 e. The monoisotopic (exact) mass is 404 g/mol. The summed E-state index contributed by atoms with van der Waals surface area (Å²) in [5.74, 6) is 1.33. The average molecular weight is 405 g/mol. The molecule has 1 fully saturated rings. The van der Waals surface area contributed by atoms with Crippen LogP contribution in [0.2, 0.25) is 0 Å². The van der Waals surface area contributed by atoms with Crippen molar-refractivity contribution >= 4 is 22.8 Å². The zero-order valence-corrected chi connectivity index (χ0v) is 17.4. The van der Waals surface area contributed by atoms with Gasteiger partial charge in [0.15, 0.2) is 0 Å². The third-order valence-corrected chi connectivity index (χ3v) is 5.54. The maximum atomic E-state index is 12.9. The van der Waals surface area contributed by atoms with Gasteiger partial charge in [-0.2, -0.15) is 0 Å². The highest BCUT2D eigenvalue weighted by Crippen LogP contribution is 2.28. The van der Waals surface area contributed by atoms with Gasteiger partial charge in [-0.05, 0) is 37.0 Å². The summed E-state index contributed by atoms with van der Waals surface area (Å²) in [4.78, 5) is 31.3. The molecule has 2 amide bonds.